The van der Waals surface area contributed by atoms with Crippen LogP contribution >= 0.6 is 0 Å². The van der Waals surface area contributed by atoms with E-state index in [0.29, 0.717) is 21.6 Å². The van der Waals surface area contributed by atoms with Crippen molar-refractivity contribution in [2.24, 2.45) is 5.92 Å². The number of aliphatic hydroxyl groups is 1. The van der Waals surface area contributed by atoms with E-state index < -0.39 is 158 Å². The molecule has 1 rings (SSSR count). The van der Waals surface area contributed by atoms with Crippen molar-refractivity contribution in [3.8, 4) is 0 Å². The summed E-state index contributed by atoms with van der Waals surface area (Å²) in [7, 11) is 0. The van der Waals surface area contributed by atoms with Gasteiger partial charge in [-0.15, -0.1) is 0 Å². The molecule has 1 aliphatic rings. The Morgan fingerprint density at radius 2 is 1.12 bits per heavy atom. The molecule has 12 amide bonds. The van der Waals surface area contributed by atoms with Gasteiger partial charge < -0.3 is 63.0 Å². The number of nitrogens with one attached hydrogen (secondary N) is 10. The van der Waals surface area contributed by atoms with Crippen molar-refractivity contribution >= 4 is 76.9 Å². The van der Waals surface area contributed by atoms with Crippen molar-refractivity contribution in [3.05, 3.63) is 12.2 Å². The number of hydroxylamine groups is 6. The van der Waals surface area contributed by atoms with Gasteiger partial charge in [-0.25, -0.2) is 15.2 Å². The maximum absolute atomic E-state index is 14.0. The fraction of sp³-hybridized carbons (Fsp3) is 0.706. The van der Waals surface area contributed by atoms with Gasteiger partial charge in [-0.2, -0.15) is 0 Å². The number of cyclic esters (lactones) is 1. The predicted molar refractivity (Wildman–Crippen MR) is 289 cm³/mol. The van der Waals surface area contributed by atoms with E-state index in [9.17, 15) is 83.1 Å². The van der Waals surface area contributed by atoms with Crippen LogP contribution in [0.15, 0.2) is 12.2 Å². The molecule has 464 valence electrons. The van der Waals surface area contributed by atoms with Crippen molar-refractivity contribution in [1.82, 2.24) is 68.4 Å². The number of allylic oxidation sites excluding steroid dienone is 1. The summed E-state index contributed by atoms with van der Waals surface area (Å²) in [6.07, 6.45) is 7.18. The fourth-order valence-electron chi connectivity index (χ4n) is 7.61. The van der Waals surface area contributed by atoms with E-state index in [1.54, 1.807) is 26.0 Å². The molecule has 0 aromatic heterocycles. The number of unbranched alkanes of at least 4 members (excludes halogenated alkanes) is 4. The van der Waals surface area contributed by atoms with Gasteiger partial charge in [-0.05, 0) is 64.2 Å². The number of hydrogen-bond acceptors (Lipinski definition) is 19. The number of carbonyl (C=O) groups excluding carboxylic acids is 13. The monoisotopic (exact) mass is 1170 g/mol. The zero-order valence-electron chi connectivity index (χ0n) is 48.0. The minimum Gasteiger partial charge on any atom is -0.462 e. The van der Waals surface area contributed by atoms with Crippen LogP contribution < -0.4 is 53.2 Å². The number of hydrogen-bond donors (Lipinski definition) is 14. The molecule has 82 heavy (non-hydrogen) atoms. The van der Waals surface area contributed by atoms with Gasteiger partial charge >= 0.3 is 5.97 Å². The molecule has 7 atom stereocenters. The van der Waals surface area contributed by atoms with Crippen LogP contribution in [0.1, 0.15) is 126 Å². The van der Waals surface area contributed by atoms with Crippen LogP contribution in [-0.2, 0) is 67.1 Å². The Morgan fingerprint density at radius 1 is 0.610 bits per heavy atom. The highest BCUT2D eigenvalue weighted by Crippen LogP contribution is 2.08. The maximum atomic E-state index is 14.0. The molecule has 1 aliphatic heterocycles. The Balaban J connectivity index is 3.74. The molecule has 31 heteroatoms. The van der Waals surface area contributed by atoms with Gasteiger partial charge in [-0.3, -0.25) is 78.0 Å². The number of aliphatic hydroxyl groups excluding tert-OH is 1. The first-order valence-electron chi connectivity index (χ1n) is 27.4. The van der Waals surface area contributed by atoms with Crippen LogP contribution in [0, 0.1) is 5.92 Å². The molecule has 0 aromatic rings. The van der Waals surface area contributed by atoms with Crippen molar-refractivity contribution in [2.45, 2.75) is 168 Å². The number of esters is 1. The maximum Gasteiger partial charge on any atom is 0.325 e. The molecular weight excluding hydrogens is 1080 g/mol. The minimum atomic E-state index is -1.70. The lowest BCUT2D eigenvalue weighted by molar-refractivity contribution is -0.163. The highest BCUT2D eigenvalue weighted by Gasteiger charge is 2.32. The van der Waals surface area contributed by atoms with Gasteiger partial charge in [0.1, 0.15) is 43.4 Å². The van der Waals surface area contributed by atoms with Gasteiger partial charge in [0.2, 0.25) is 70.9 Å². The summed E-state index contributed by atoms with van der Waals surface area (Å²) in [6, 6.07) is -9.65. The van der Waals surface area contributed by atoms with Crippen LogP contribution in [-0.4, -0.2) is 214 Å². The average molecular weight is 1170 g/mol. The second kappa shape index (κ2) is 39.9. The van der Waals surface area contributed by atoms with E-state index in [4.69, 9.17) is 4.74 Å². The first-order valence-corrected chi connectivity index (χ1v) is 27.4. The lowest BCUT2D eigenvalue weighted by Crippen LogP contribution is -2.59. The third kappa shape index (κ3) is 30.5. The molecule has 1 heterocycles. The third-order valence-electron chi connectivity index (χ3n) is 12.5. The Morgan fingerprint density at radius 3 is 1.66 bits per heavy atom. The normalized spacial score (nSPS) is 22.1. The summed E-state index contributed by atoms with van der Waals surface area (Å²) in [4.78, 5) is 170. The Hall–Kier alpha value is -7.35. The SMILES string of the molecule is CCCCCCC=CCC(=O)NC1COC(=O)CNC(=O)C(CCCN(O)C(C)=O)NC(=O)CNC(=O)C(C)NCC(CCCN(O)C(C)=O)NC(=O)C(CO)NC(=O)C(C(C)C)NC(=O)CNC(=O)C(CCCN(O)C(C)=O)NC1=O. The standard InChI is InChI=1S/C51H87N13O18/c1-8-9-10-11-12-13-14-21-41(69)58-40-30-82-44(72)28-55-47(74)37(19-16-23-63(80)34(6)67)57-42(70)26-53-46(73)32(4)52-25-36(18-15-22-62(79)33(5)66)56-49(76)39(29-65)60-51(78)45(31(2)3)61-43(71)27-54-48(75)38(59-50(40)77)20-17-24-64(81)35(7)68/h13-14,31-32,36-40,45,52,65,79-81H,8-12,15-30H2,1-7H3,(H,53,73)(H,54,75)(H,55,74)(H,56,76)(H,57,70)(H,58,69)(H,59,77)(H,60,78)(H,61,71). The van der Waals surface area contributed by atoms with Gasteiger partial charge in [0.25, 0.3) is 0 Å². The molecular formula is C51H87N13O18. The van der Waals surface area contributed by atoms with Gasteiger partial charge in [0.15, 0.2) is 0 Å². The van der Waals surface area contributed by atoms with Crippen molar-refractivity contribution in [1.29, 1.82) is 0 Å². The van der Waals surface area contributed by atoms with Crippen molar-refractivity contribution in [3.63, 3.8) is 0 Å². The lowest BCUT2D eigenvalue weighted by atomic mass is 10.0. The first-order chi connectivity index (χ1) is 38.7. The summed E-state index contributed by atoms with van der Waals surface area (Å²) >= 11 is 0. The zero-order valence-corrected chi connectivity index (χ0v) is 48.0. The van der Waals surface area contributed by atoms with Crippen LogP contribution in [0.5, 0.6) is 0 Å². The van der Waals surface area contributed by atoms with E-state index in [2.05, 4.69) is 60.1 Å². The average Bonchev–Trinajstić information content (AvgIpc) is 3.43. The number of amides is 12. The molecule has 1 saturated heterocycles. The second-order valence-electron chi connectivity index (χ2n) is 19.9. The number of rotatable bonds is 22. The molecule has 14 N–H and O–H groups in total. The second-order valence-corrected chi connectivity index (χ2v) is 19.9. The molecule has 0 bridgehead atoms. The minimum absolute atomic E-state index is 0.0566. The number of nitrogens with zero attached hydrogens (tertiary/aromatic N) is 3. The Labute approximate surface area is 476 Å². The van der Waals surface area contributed by atoms with E-state index in [1.165, 1.54) is 6.92 Å². The van der Waals surface area contributed by atoms with E-state index in [0.717, 1.165) is 46.5 Å². The van der Waals surface area contributed by atoms with E-state index in [-0.39, 0.29) is 71.1 Å². The van der Waals surface area contributed by atoms with Crippen molar-refractivity contribution in [2.75, 3.05) is 59.0 Å². The fourth-order valence-corrected chi connectivity index (χ4v) is 7.61. The van der Waals surface area contributed by atoms with Gasteiger partial charge in [-0.1, -0.05) is 52.2 Å². The summed E-state index contributed by atoms with van der Waals surface area (Å²) in [5.41, 5.74) is 0. The highest BCUT2D eigenvalue weighted by molar-refractivity contribution is 5.96. The van der Waals surface area contributed by atoms with Crippen molar-refractivity contribution < 1.29 is 87.8 Å². The third-order valence-corrected chi connectivity index (χ3v) is 12.5. The molecule has 0 aliphatic carbocycles. The van der Waals surface area contributed by atoms with Gasteiger partial charge in [0.05, 0.1) is 25.7 Å². The highest BCUT2D eigenvalue weighted by atomic mass is 16.5. The Bertz CT molecular complexity index is 2180. The molecule has 0 saturated carbocycles. The molecule has 7 unspecified atom stereocenters. The summed E-state index contributed by atoms with van der Waals surface area (Å²) in [6.45, 7) is 4.73. The zero-order chi connectivity index (χ0) is 61.9. The van der Waals surface area contributed by atoms with Crippen LogP contribution in [0.25, 0.3) is 0 Å². The topological polar surface area (TPSA) is 442 Å². The van der Waals surface area contributed by atoms with E-state index >= 15 is 0 Å². The molecule has 1 fully saturated rings. The summed E-state index contributed by atoms with van der Waals surface area (Å²) in [5, 5.41) is 66.0. The molecule has 0 aromatic carbocycles. The lowest BCUT2D eigenvalue weighted by Gasteiger charge is -2.27. The Kier molecular flexibility index (Phi) is 35.4. The van der Waals surface area contributed by atoms with E-state index in [1.807, 2.05) is 0 Å². The largest absolute Gasteiger partial charge is 0.462 e. The molecule has 0 radical (unpaired) electrons. The smallest absolute Gasteiger partial charge is 0.325 e. The first kappa shape index (κ1) is 72.7. The quantitative estimate of drug-likeness (QED) is 0.0164. The summed E-state index contributed by atoms with van der Waals surface area (Å²) < 4.78 is 5.30. The van der Waals surface area contributed by atoms with Gasteiger partial charge in [0, 0.05) is 59.4 Å². The predicted octanol–water partition coefficient (Wildman–Crippen LogP) is -3.60. The summed E-state index contributed by atoms with van der Waals surface area (Å²) in [5.74, 6) is -12.1. The number of ether oxygens (including phenoxy) is 1. The molecule has 0 spiro atoms. The number of carbonyl (C=O) groups is 13. The van der Waals surface area contributed by atoms with Crippen LogP contribution in [0.4, 0.5) is 0 Å². The van der Waals surface area contributed by atoms with Crippen LogP contribution in [0.2, 0.25) is 0 Å². The van der Waals surface area contributed by atoms with Crippen LogP contribution in [0.3, 0.4) is 0 Å². The molecule has 31 nitrogen and oxygen atoms in total.